The number of nitrogens with zero attached hydrogens (tertiary/aromatic N) is 1. The van der Waals surface area contributed by atoms with E-state index in [0.29, 0.717) is 5.69 Å². The first-order valence-electron chi connectivity index (χ1n) is 20.7. The normalized spacial score (nSPS) is 11.9. The standard InChI is InChI=1S/C58H40N2O/c1-37(60-57-51-19-11-9-17-49(51)48-16-8-10-18-50(48)56(57)59)38-20-30-45(31-21-38)52-35-47(44-28-24-42(25-29-44)40-14-6-3-7-15-40)36-54-53-34-46(32-33-55(53)61-58(52)54)43-26-22-41(23-27-43)39-12-4-2-5-13-39/h2-36H,59H2,1H3. The smallest absolute Gasteiger partial charge is 0.143 e. The lowest BCUT2D eigenvalue weighted by molar-refractivity contribution is 0.670. The molecular weight excluding hydrogens is 741 g/mol. The van der Waals surface area contributed by atoms with Crippen LogP contribution < -0.4 is 5.73 Å². The first-order chi connectivity index (χ1) is 30.1. The van der Waals surface area contributed by atoms with Gasteiger partial charge in [0.2, 0.25) is 0 Å². The first kappa shape index (κ1) is 36.1. The predicted octanol–water partition coefficient (Wildman–Crippen LogP) is 16.0. The van der Waals surface area contributed by atoms with Crippen LogP contribution in [0.1, 0.15) is 12.5 Å². The van der Waals surface area contributed by atoms with E-state index in [2.05, 4.69) is 207 Å². The van der Waals surface area contributed by atoms with Gasteiger partial charge in [0.15, 0.2) is 0 Å². The minimum atomic E-state index is 0.693. The summed E-state index contributed by atoms with van der Waals surface area (Å²) in [6, 6.07) is 75.2. The largest absolute Gasteiger partial charge is 0.455 e. The quantitative estimate of drug-likeness (QED) is 0.0995. The zero-order valence-electron chi connectivity index (χ0n) is 33.6. The lowest BCUT2D eigenvalue weighted by Crippen LogP contribution is -1.96. The third-order valence-electron chi connectivity index (χ3n) is 12.1. The maximum absolute atomic E-state index is 6.85. The molecule has 0 aliphatic heterocycles. The summed E-state index contributed by atoms with van der Waals surface area (Å²) in [6.45, 7) is 2.06. The van der Waals surface area contributed by atoms with E-state index in [1.54, 1.807) is 0 Å². The minimum Gasteiger partial charge on any atom is -0.455 e. The van der Waals surface area contributed by atoms with Crippen molar-refractivity contribution in [1.82, 2.24) is 0 Å². The molecule has 288 valence electrons. The highest BCUT2D eigenvalue weighted by atomic mass is 16.3. The van der Waals surface area contributed by atoms with E-state index < -0.39 is 0 Å². The second-order valence-electron chi connectivity index (χ2n) is 15.7. The van der Waals surface area contributed by atoms with Gasteiger partial charge in [-0.1, -0.05) is 188 Å². The van der Waals surface area contributed by atoms with Crippen molar-refractivity contribution in [1.29, 1.82) is 0 Å². The predicted molar refractivity (Wildman–Crippen MR) is 259 cm³/mol. The van der Waals surface area contributed by atoms with Gasteiger partial charge in [-0.3, -0.25) is 4.99 Å². The Morgan fingerprint density at radius 2 is 0.820 bits per heavy atom. The molecule has 1 aromatic heterocycles. The summed E-state index contributed by atoms with van der Waals surface area (Å²) < 4.78 is 6.78. The molecule has 0 saturated heterocycles. The van der Waals surface area contributed by atoms with Crippen LogP contribution >= 0.6 is 0 Å². The van der Waals surface area contributed by atoms with Gasteiger partial charge in [-0.25, -0.2) is 0 Å². The van der Waals surface area contributed by atoms with Crippen molar-refractivity contribution in [3.8, 4) is 55.6 Å². The summed E-state index contributed by atoms with van der Waals surface area (Å²) in [7, 11) is 0. The van der Waals surface area contributed by atoms with Crippen molar-refractivity contribution in [2.75, 3.05) is 5.73 Å². The van der Waals surface area contributed by atoms with E-state index in [1.807, 2.05) is 12.1 Å². The molecule has 1 heterocycles. The number of anilines is 1. The highest BCUT2D eigenvalue weighted by Gasteiger charge is 2.18. The molecule has 3 heteroatoms. The van der Waals surface area contributed by atoms with Gasteiger partial charge in [-0.2, -0.15) is 0 Å². The van der Waals surface area contributed by atoms with Crippen LogP contribution in [0.4, 0.5) is 11.4 Å². The Bertz CT molecular complexity index is 3440. The summed E-state index contributed by atoms with van der Waals surface area (Å²) in [5.41, 5.74) is 23.5. The fourth-order valence-electron chi connectivity index (χ4n) is 8.80. The van der Waals surface area contributed by atoms with Crippen LogP contribution in [0, 0.1) is 0 Å². The fraction of sp³-hybridized carbons (Fsp3) is 0.0172. The molecule has 0 bridgehead atoms. The van der Waals surface area contributed by atoms with E-state index in [-0.39, 0.29) is 0 Å². The molecule has 2 N–H and O–H groups in total. The van der Waals surface area contributed by atoms with Crippen LogP contribution in [-0.4, -0.2) is 5.71 Å². The third-order valence-corrected chi connectivity index (χ3v) is 12.1. The molecule has 0 aliphatic carbocycles. The van der Waals surface area contributed by atoms with E-state index in [4.69, 9.17) is 15.1 Å². The van der Waals surface area contributed by atoms with Gasteiger partial charge in [0.1, 0.15) is 11.2 Å². The average molecular weight is 781 g/mol. The van der Waals surface area contributed by atoms with Crippen LogP contribution in [0.15, 0.2) is 222 Å². The Labute approximate surface area is 354 Å². The molecule has 0 spiro atoms. The number of furan rings is 1. The molecule has 0 saturated carbocycles. The Morgan fingerprint density at radius 1 is 0.377 bits per heavy atom. The van der Waals surface area contributed by atoms with E-state index >= 15 is 0 Å². The maximum atomic E-state index is 6.85. The molecule has 11 rings (SSSR count). The van der Waals surface area contributed by atoms with Crippen LogP contribution in [0.2, 0.25) is 0 Å². The van der Waals surface area contributed by atoms with Gasteiger partial charge in [0, 0.05) is 32.8 Å². The summed E-state index contributed by atoms with van der Waals surface area (Å²) in [5.74, 6) is 0. The number of aliphatic imine (C=N–C) groups is 1. The molecule has 0 fully saturated rings. The molecule has 61 heavy (non-hydrogen) atoms. The number of hydrogen-bond acceptors (Lipinski definition) is 3. The van der Waals surface area contributed by atoms with E-state index in [1.165, 1.54) is 22.3 Å². The molecule has 10 aromatic carbocycles. The number of hydrogen-bond donors (Lipinski definition) is 1. The second kappa shape index (κ2) is 15.0. The minimum absolute atomic E-state index is 0.693. The summed E-state index contributed by atoms with van der Waals surface area (Å²) >= 11 is 0. The van der Waals surface area contributed by atoms with Crippen molar-refractivity contribution < 1.29 is 4.42 Å². The lowest BCUT2D eigenvalue weighted by Gasteiger charge is -2.13. The van der Waals surface area contributed by atoms with E-state index in [0.717, 1.165) is 93.8 Å². The Balaban J connectivity index is 1.01. The van der Waals surface area contributed by atoms with Crippen LogP contribution in [0.5, 0.6) is 0 Å². The van der Waals surface area contributed by atoms with Gasteiger partial charge in [-0.15, -0.1) is 0 Å². The molecule has 0 amide bonds. The van der Waals surface area contributed by atoms with Crippen molar-refractivity contribution in [3.63, 3.8) is 0 Å². The van der Waals surface area contributed by atoms with Crippen LogP contribution in [0.25, 0.3) is 99.1 Å². The van der Waals surface area contributed by atoms with Crippen LogP contribution in [-0.2, 0) is 0 Å². The van der Waals surface area contributed by atoms with Crippen LogP contribution in [0.3, 0.4) is 0 Å². The molecule has 0 radical (unpaired) electrons. The first-order valence-corrected chi connectivity index (χ1v) is 20.7. The van der Waals surface area contributed by atoms with Gasteiger partial charge >= 0.3 is 0 Å². The van der Waals surface area contributed by atoms with Crippen molar-refractivity contribution in [2.24, 2.45) is 4.99 Å². The topological polar surface area (TPSA) is 51.5 Å². The summed E-state index contributed by atoms with van der Waals surface area (Å²) in [5, 5.41) is 6.51. The fourth-order valence-corrected chi connectivity index (χ4v) is 8.80. The zero-order chi connectivity index (χ0) is 40.9. The zero-order valence-corrected chi connectivity index (χ0v) is 33.6. The Hall–Kier alpha value is -8.01. The number of nitrogens with two attached hydrogens (primary N) is 1. The summed E-state index contributed by atoms with van der Waals surface area (Å²) in [6.07, 6.45) is 0. The maximum Gasteiger partial charge on any atom is 0.143 e. The van der Waals surface area contributed by atoms with Crippen molar-refractivity contribution in [2.45, 2.75) is 6.92 Å². The SMILES string of the molecule is CC(=Nc1c(N)c2ccccc2c2ccccc12)c1ccc(-c2cc(-c3ccc(-c4ccccc4)cc3)cc3c2oc2ccc(-c4ccc(-c5ccccc5)cc4)cc23)cc1. The molecule has 3 nitrogen and oxygen atoms in total. The summed E-state index contributed by atoms with van der Waals surface area (Å²) in [4.78, 5) is 5.20. The van der Waals surface area contributed by atoms with Gasteiger partial charge in [0.25, 0.3) is 0 Å². The number of rotatable bonds is 7. The molecule has 11 aromatic rings. The highest BCUT2D eigenvalue weighted by molar-refractivity contribution is 6.20. The third kappa shape index (κ3) is 6.54. The lowest BCUT2D eigenvalue weighted by atomic mass is 9.93. The Morgan fingerprint density at radius 3 is 1.43 bits per heavy atom. The average Bonchev–Trinajstić information content (AvgIpc) is 3.71. The van der Waals surface area contributed by atoms with Gasteiger partial charge in [-0.05, 0) is 97.6 Å². The highest BCUT2D eigenvalue weighted by Crippen LogP contribution is 2.43. The molecule has 0 atom stereocenters. The monoisotopic (exact) mass is 780 g/mol. The molecule has 0 unspecified atom stereocenters. The van der Waals surface area contributed by atoms with E-state index in [9.17, 15) is 0 Å². The second-order valence-corrected chi connectivity index (χ2v) is 15.7. The van der Waals surface area contributed by atoms with Gasteiger partial charge in [0.05, 0.1) is 11.4 Å². The molecular formula is C58H40N2O. The molecule has 0 aliphatic rings. The number of nitrogen functional groups attached to an aromatic ring is 1. The van der Waals surface area contributed by atoms with Gasteiger partial charge < -0.3 is 10.2 Å². The van der Waals surface area contributed by atoms with Crippen molar-refractivity contribution >= 4 is 60.6 Å². The van der Waals surface area contributed by atoms with Crippen molar-refractivity contribution in [3.05, 3.63) is 218 Å². The number of fused-ring (bicyclic) bond motifs is 6. The Kier molecular flexibility index (Phi) is 8.87. The number of benzene rings is 10.